The number of hydrogen-bond donors (Lipinski definition) is 2. The Kier molecular flexibility index (Phi) is 4.93. The molecule has 0 aliphatic rings. The Morgan fingerprint density at radius 1 is 0.857 bits per heavy atom. The zero-order valence-corrected chi connectivity index (χ0v) is 15.2. The van der Waals surface area contributed by atoms with E-state index >= 15 is 0 Å². The van der Waals surface area contributed by atoms with Crippen LogP contribution < -0.4 is 16.2 Å². The summed E-state index contributed by atoms with van der Waals surface area (Å²) < 4.78 is 11.3. The summed E-state index contributed by atoms with van der Waals surface area (Å²) >= 11 is 0. The molecule has 6 nitrogen and oxygen atoms in total. The monoisotopic (exact) mass is 372 g/mol. The van der Waals surface area contributed by atoms with Crippen LogP contribution in [0.5, 0.6) is 5.75 Å². The molecule has 4 aromatic rings. The second kappa shape index (κ2) is 7.84. The molecule has 0 fully saturated rings. The van der Waals surface area contributed by atoms with E-state index in [0.717, 1.165) is 22.6 Å². The number of pyridine rings is 1. The highest BCUT2D eigenvalue weighted by atomic mass is 16.5. The van der Waals surface area contributed by atoms with Crippen LogP contribution in [0.15, 0.2) is 77.3 Å². The van der Waals surface area contributed by atoms with E-state index < -0.39 is 0 Å². The van der Waals surface area contributed by atoms with Crippen LogP contribution in [0, 0.1) is 0 Å². The molecular weight excluding hydrogens is 352 g/mol. The molecule has 2 aromatic carbocycles. The van der Waals surface area contributed by atoms with Gasteiger partial charge in [0.05, 0.1) is 11.3 Å². The molecule has 0 spiro atoms. The van der Waals surface area contributed by atoms with Gasteiger partial charge in [-0.3, -0.25) is 0 Å². The summed E-state index contributed by atoms with van der Waals surface area (Å²) in [6.45, 7) is 0.530. The normalized spacial score (nSPS) is 10.7. The van der Waals surface area contributed by atoms with Gasteiger partial charge in [-0.1, -0.05) is 47.6 Å². The fourth-order valence-corrected chi connectivity index (χ4v) is 2.92. The standard InChI is InChI=1S/C22H20N4O2/c23-21-10-9-19(22(24)25-21)20-13-17(26-28-20)11-16-7-4-8-18(12-16)27-14-15-5-2-1-3-6-15/h1-10,12-13H,11,14H2,(H4,23,24,25). The summed E-state index contributed by atoms with van der Waals surface area (Å²) in [5.41, 5.74) is 15.2. The Morgan fingerprint density at radius 3 is 2.50 bits per heavy atom. The number of anilines is 2. The van der Waals surface area contributed by atoms with Crippen molar-refractivity contribution in [1.29, 1.82) is 0 Å². The Bertz CT molecular complexity index is 1080. The van der Waals surface area contributed by atoms with E-state index in [9.17, 15) is 0 Å². The third-order valence-electron chi connectivity index (χ3n) is 4.30. The van der Waals surface area contributed by atoms with Gasteiger partial charge in [-0.25, -0.2) is 4.98 Å². The van der Waals surface area contributed by atoms with E-state index in [1.54, 1.807) is 12.1 Å². The lowest BCUT2D eigenvalue weighted by molar-refractivity contribution is 0.306. The molecule has 0 unspecified atom stereocenters. The molecule has 2 heterocycles. The number of ether oxygens (including phenoxy) is 1. The minimum Gasteiger partial charge on any atom is -0.489 e. The second-order valence-corrected chi connectivity index (χ2v) is 6.45. The van der Waals surface area contributed by atoms with Crippen molar-refractivity contribution < 1.29 is 9.26 Å². The predicted molar refractivity (Wildman–Crippen MR) is 109 cm³/mol. The van der Waals surface area contributed by atoms with E-state index in [0.29, 0.717) is 36.0 Å². The van der Waals surface area contributed by atoms with E-state index in [-0.39, 0.29) is 0 Å². The van der Waals surface area contributed by atoms with Crippen molar-refractivity contribution >= 4 is 11.6 Å². The maximum atomic E-state index is 5.92. The highest BCUT2D eigenvalue weighted by Gasteiger charge is 2.12. The fraction of sp³-hybridized carbons (Fsp3) is 0.0909. The van der Waals surface area contributed by atoms with Crippen LogP contribution in [0.25, 0.3) is 11.3 Å². The first-order valence-corrected chi connectivity index (χ1v) is 8.91. The summed E-state index contributed by atoms with van der Waals surface area (Å²) in [6, 6.07) is 23.4. The number of aromatic nitrogens is 2. The number of nitrogens with zero attached hydrogens (tertiary/aromatic N) is 2. The third-order valence-corrected chi connectivity index (χ3v) is 4.30. The van der Waals surface area contributed by atoms with Gasteiger partial charge in [-0.05, 0) is 35.4 Å². The lowest BCUT2D eigenvalue weighted by Crippen LogP contribution is -1.97. The molecule has 0 aliphatic carbocycles. The number of rotatable bonds is 6. The number of hydrogen-bond acceptors (Lipinski definition) is 6. The van der Waals surface area contributed by atoms with Crippen molar-refractivity contribution in [1.82, 2.24) is 10.1 Å². The van der Waals surface area contributed by atoms with Gasteiger partial charge in [0, 0.05) is 12.5 Å². The third kappa shape index (κ3) is 4.12. The van der Waals surface area contributed by atoms with Gasteiger partial charge in [0.15, 0.2) is 5.76 Å². The largest absolute Gasteiger partial charge is 0.489 e. The smallest absolute Gasteiger partial charge is 0.170 e. The lowest BCUT2D eigenvalue weighted by Gasteiger charge is -2.07. The molecule has 4 rings (SSSR count). The van der Waals surface area contributed by atoms with Crippen LogP contribution >= 0.6 is 0 Å². The van der Waals surface area contributed by atoms with Crippen molar-refractivity contribution in [2.45, 2.75) is 13.0 Å². The van der Waals surface area contributed by atoms with Crippen LogP contribution in [0.1, 0.15) is 16.8 Å². The topological polar surface area (TPSA) is 100 Å². The lowest BCUT2D eigenvalue weighted by atomic mass is 10.1. The zero-order chi connectivity index (χ0) is 19.3. The summed E-state index contributed by atoms with van der Waals surface area (Å²) in [5, 5.41) is 4.14. The number of nitrogen functional groups attached to an aromatic ring is 2. The SMILES string of the molecule is Nc1ccc(-c2cc(Cc3cccc(OCc4ccccc4)c3)no2)c(N)n1. The Labute approximate surface area is 162 Å². The molecule has 0 radical (unpaired) electrons. The molecule has 0 bridgehead atoms. The van der Waals surface area contributed by atoms with Crippen LogP contribution in [0.4, 0.5) is 11.6 Å². The van der Waals surface area contributed by atoms with Gasteiger partial charge in [0.1, 0.15) is 24.0 Å². The van der Waals surface area contributed by atoms with Crippen LogP contribution in [-0.4, -0.2) is 10.1 Å². The van der Waals surface area contributed by atoms with E-state index in [4.69, 9.17) is 20.7 Å². The summed E-state index contributed by atoms with van der Waals surface area (Å²) in [7, 11) is 0. The van der Waals surface area contributed by atoms with Crippen molar-refractivity contribution in [3.8, 4) is 17.1 Å². The maximum Gasteiger partial charge on any atom is 0.170 e. The molecule has 28 heavy (non-hydrogen) atoms. The van der Waals surface area contributed by atoms with Gasteiger partial charge < -0.3 is 20.7 Å². The second-order valence-electron chi connectivity index (χ2n) is 6.45. The van der Waals surface area contributed by atoms with Gasteiger partial charge >= 0.3 is 0 Å². The van der Waals surface area contributed by atoms with E-state index in [1.807, 2.05) is 60.7 Å². The van der Waals surface area contributed by atoms with Crippen molar-refractivity contribution in [2.24, 2.45) is 0 Å². The molecule has 0 atom stereocenters. The van der Waals surface area contributed by atoms with Crippen molar-refractivity contribution in [3.63, 3.8) is 0 Å². The first kappa shape index (κ1) is 17.6. The van der Waals surface area contributed by atoms with Crippen molar-refractivity contribution in [3.05, 3.63) is 89.6 Å². The van der Waals surface area contributed by atoms with Gasteiger partial charge in [0.25, 0.3) is 0 Å². The molecule has 0 aliphatic heterocycles. The first-order chi connectivity index (χ1) is 13.7. The molecular formula is C22H20N4O2. The van der Waals surface area contributed by atoms with Gasteiger partial charge in [-0.15, -0.1) is 0 Å². The summed E-state index contributed by atoms with van der Waals surface area (Å²) in [6.07, 6.45) is 0.619. The first-order valence-electron chi connectivity index (χ1n) is 8.91. The Morgan fingerprint density at radius 2 is 1.68 bits per heavy atom. The minimum atomic E-state index is 0.319. The van der Waals surface area contributed by atoms with Crippen LogP contribution in [0.2, 0.25) is 0 Å². The Balaban J connectivity index is 1.45. The zero-order valence-electron chi connectivity index (χ0n) is 15.2. The van der Waals surface area contributed by atoms with Gasteiger partial charge in [-0.2, -0.15) is 0 Å². The number of nitrogens with two attached hydrogens (primary N) is 2. The molecule has 140 valence electrons. The molecule has 0 saturated carbocycles. The average molecular weight is 372 g/mol. The van der Waals surface area contributed by atoms with E-state index in [2.05, 4.69) is 10.1 Å². The highest BCUT2D eigenvalue weighted by Crippen LogP contribution is 2.27. The van der Waals surface area contributed by atoms with Crippen LogP contribution in [-0.2, 0) is 13.0 Å². The fourth-order valence-electron chi connectivity index (χ4n) is 2.92. The minimum absolute atomic E-state index is 0.319. The quantitative estimate of drug-likeness (QED) is 0.529. The van der Waals surface area contributed by atoms with Gasteiger partial charge in [0.2, 0.25) is 0 Å². The number of benzene rings is 2. The average Bonchev–Trinajstić information content (AvgIpc) is 3.15. The molecule has 0 amide bonds. The summed E-state index contributed by atoms with van der Waals surface area (Å²) in [4.78, 5) is 4.05. The molecule has 4 N–H and O–H groups in total. The van der Waals surface area contributed by atoms with Crippen molar-refractivity contribution in [2.75, 3.05) is 11.5 Å². The maximum absolute atomic E-state index is 5.92. The van der Waals surface area contributed by atoms with E-state index in [1.165, 1.54) is 0 Å². The Hall–Kier alpha value is -3.80. The molecule has 2 aromatic heterocycles. The van der Waals surface area contributed by atoms with Crippen LogP contribution in [0.3, 0.4) is 0 Å². The predicted octanol–water partition coefficient (Wildman–Crippen LogP) is 4.07. The summed E-state index contributed by atoms with van der Waals surface area (Å²) in [5.74, 6) is 2.07. The highest BCUT2D eigenvalue weighted by molar-refractivity contribution is 5.71. The molecule has 6 heteroatoms. The molecule has 0 saturated heterocycles.